The van der Waals surface area contributed by atoms with Crippen LogP contribution in [0.15, 0.2) is 109 Å². The Labute approximate surface area is 198 Å². The van der Waals surface area contributed by atoms with Gasteiger partial charge >= 0.3 is 0 Å². The van der Waals surface area contributed by atoms with E-state index in [1.165, 1.54) is 27.1 Å². The molecule has 0 aliphatic rings. The van der Waals surface area contributed by atoms with Crippen LogP contribution in [0.2, 0.25) is 0 Å². The SMILES string of the molecule is NCC/C=C\C=C(/N)n1c2ccccc2c2ccc3c(c4ccccc4n3-c3ccccc3)c21. The van der Waals surface area contributed by atoms with Crippen LogP contribution in [0.5, 0.6) is 0 Å². The molecule has 4 aromatic carbocycles. The largest absolute Gasteiger partial charge is 0.385 e. The summed E-state index contributed by atoms with van der Waals surface area (Å²) in [5.41, 5.74) is 18.1. The van der Waals surface area contributed by atoms with Crippen LogP contribution in [0.25, 0.3) is 55.1 Å². The number of hydrogen-bond acceptors (Lipinski definition) is 2. The monoisotopic (exact) mass is 442 g/mol. The maximum absolute atomic E-state index is 6.74. The van der Waals surface area contributed by atoms with Gasteiger partial charge in [-0.1, -0.05) is 72.8 Å². The van der Waals surface area contributed by atoms with Gasteiger partial charge in [-0.3, -0.25) is 4.57 Å². The van der Waals surface area contributed by atoms with E-state index in [1.54, 1.807) is 0 Å². The summed E-state index contributed by atoms with van der Waals surface area (Å²) in [7, 11) is 0. The van der Waals surface area contributed by atoms with E-state index in [0.717, 1.165) is 28.7 Å². The normalized spacial score (nSPS) is 12.7. The van der Waals surface area contributed by atoms with Crippen molar-refractivity contribution in [3.05, 3.63) is 109 Å². The molecule has 4 nitrogen and oxygen atoms in total. The van der Waals surface area contributed by atoms with E-state index in [2.05, 4.69) is 106 Å². The smallest absolute Gasteiger partial charge is 0.108 e. The summed E-state index contributed by atoms with van der Waals surface area (Å²) in [6, 6.07) is 32.1. The van der Waals surface area contributed by atoms with E-state index in [-0.39, 0.29) is 0 Å². The summed E-state index contributed by atoms with van der Waals surface area (Å²) in [6.07, 6.45) is 6.84. The highest BCUT2D eigenvalue weighted by molar-refractivity contribution is 6.26. The molecule has 4 N–H and O–H groups in total. The number of fused-ring (bicyclic) bond motifs is 7. The van der Waals surface area contributed by atoms with Crippen molar-refractivity contribution in [2.45, 2.75) is 6.42 Å². The molecule has 0 radical (unpaired) electrons. The molecule has 0 atom stereocenters. The number of nitrogens with zero attached hydrogens (tertiary/aromatic N) is 2. The molecule has 0 fully saturated rings. The zero-order valence-corrected chi connectivity index (χ0v) is 18.9. The highest BCUT2D eigenvalue weighted by atomic mass is 15.1. The molecular weight excluding hydrogens is 416 g/mol. The maximum Gasteiger partial charge on any atom is 0.108 e. The molecule has 0 saturated heterocycles. The molecule has 2 heterocycles. The third kappa shape index (κ3) is 3.04. The van der Waals surface area contributed by atoms with Gasteiger partial charge in [-0.05, 0) is 49.4 Å². The highest BCUT2D eigenvalue weighted by Crippen LogP contribution is 2.41. The Morgan fingerprint density at radius 3 is 2.21 bits per heavy atom. The predicted molar refractivity (Wildman–Crippen MR) is 145 cm³/mol. The first-order valence-electron chi connectivity index (χ1n) is 11.6. The Hall–Kier alpha value is -4.28. The standard InChI is InChI=1S/C30H26N4/c31-20-10-2-5-17-28(32)34-25-15-8-6-13-22(25)23-18-19-27-29(30(23)34)24-14-7-9-16-26(24)33(27)21-11-3-1-4-12-21/h1-9,11-19H,10,20,31-32H2/b5-2-,28-17+. The number of hydrogen-bond donors (Lipinski definition) is 2. The van der Waals surface area contributed by atoms with Gasteiger partial charge in [-0.15, -0.1) is 0 Å². The third-order valence-electron chi connectivity index (χ3n) is 6.48. The zero-order chi connectivity index (χ0) is 23.1. The summed E-state index contributed by atoms with van der Waals surface area (Å²) in [6.45, 7) is 0.624. The summed E-state index contributed by atoms with van der Waals surface area (Å²) in [5.74, 6) is 0.684. The number of allylic oxidation sites excluding steroid dienone is 2. The van der Waals surface area contributed by atoms with Gasteiger partial charge in [0.05, 0.1) is 22.1 Å². The Morgan fingerprint density at radius 1 is 0.706 bits per heavy atom. The topological polar surface area (TPSA) is 61.9 Å². The predicted octanol–water partition coefficient (Wildman–Crippen LogP) is 6.55. The summed E-state index contributed by atoms with van der Waals surface area (Å²) in [4.78, 5) is 0. The second-order valence-corrected chi connectivity index (χ2v) is 8.49. The van der Waals surface area contributed by atoms with Gasteiger partial charge in [-0.25, -0.2) is 0 Å². The molecule has 4 heteroatoms. The van der Waals surface area contributed by atoms with Crippen molar-refractivity contribution in [1.82, 2.24) is 9.13 Å². The molecule has 34 heavy (non-hydrogen) atoms. The molecule has 2 aromatic heterocycles. The number of nitrogens with two attached hydrogens (primary N) is 2. The number of benzene rings is 4. The summed E-state index contributed by atoms with van der Waals surface area (Å²) < 4.78 is 4.54. The van der Waals surface area contributed by atoms with E-state index in [4.69, 9.17) is 11.5 Å². The van der Waals surface area contributed by atoms with Crippen LogP contribution in [-0.2, 0) is 0 Å². The molecule has 166 valence electrons. The molecule has 0 bridgehead atoms. The fourth-order valence-corrected chi connectivity index (χ4v) is 5.07. The van der Waals surface area contributed by atoms with Crippen LogP contribution in [0.1, 0.15) is 6.42 Å². The minimum atomic E-state index is 0.624. The molecular formula is C30H26N4. The van der Waals surface area contributed by atoms with Crippen molar-refractivity contribution in [2.75, 3.05) is 6.54 Å². The maximum atomic E-state index is 6.74. The fraction of sp³-hybridized carbons (Fsp3) is 0.0667. The Balaban J connectivity index is 1.79. The van der Waals surface area contributed by atoms with E-state index in [9.17, 15) is 0 Å². The number of para-hydroxylation sites is 3. The lowest BCUT2D eigenvalue weighted by Crippen LogP contribution is -2.06. The van der Waals surface area contributed by atoms with Crippen molar-refractivity contribution in [1.29, 1.82) is 0 Å². The van der Waals surface area contributed by atoms with Gasteiger partial charge < -0.3 is 16.0 Å². The quantitative estimate of drug-likeness (QED) is 0.297. The molecule has 0 amide bonds. The Bertz CT molecular complexity index is 1720. The van der Waals surface area contributed by atoms with Gasteiger partial charge in [0.15, 0.2) is 0 Å². The second-order valence-electron chi connectivity index (χ2n) is 8.49. The number of aromatic nitrogens is 2. The third-order valence-corrected chi connectivity index (χ3v) is 6.48. The second kappa shape index (κ2) is 8.25. The van der Waals surface area contributed by atoms with Gasteiger partial charge in [0.1, 0.15) is 5.82 Å². The van der Waals surface area contributed by atoms with E-state index >= 15 is 0 Å². The lowest BCUT2D eigenvalue weighted by molar-refractivity contribution is 1.01. The van der Waals surface area contributed by atoms with Crippen molar-refractivity contribution in [2.24, 2.45) is 11.5 Å². The first-order valence-corrected chi connectivity index (χ1v) is 11.6. The highest BCUT2D eigenvalue weighted by Gasteiger charge is 2.20. The molecule has 0 aliphatic carbocycles. The Kier molecular flexibility index (Phi) is 4.93. The lowest BCUT2D eigenvalue weighted by Gasteiger charge is -2.09. The van der Waals surface area contributed by atoms with Crippen molar-refractivity contribution in [3.63, 3.8) is 0 Å². The number of rotatable bonds is 5. The van der Waals surface area contributed by atoms with E-state index in [0.29, 0.717) is 12.4 Å². The van der Waals surface area contributed by atoms with Crippen LogP contribution < -0.4 is 11.5 Å². The first kappa shape index (κ1) is 20.3. The van der Waals surface area contributed by atoms with Crippen LogP contribution in [0, 0.1) is 0 Å². The van der Waals surface area contributed by atoms with Crippen molar-refractivity contribution >= 4 is 49.4 Å². The average Bonchev–Trinajstić information content (AvgIpc) is 3.40. The van der Waals surface area contributed by atoms with Gasteiger partial charge in [0, 0.05) is 27.2 Å². The summed E-state index contributed by atoms with van der Waals surface area (Å²) in [5, 5.41) is 4.80. The molecule has 6 rings (SSSR count). The minimum absolute atomic E-state index is 0.624. The van der Waals surface area contributed by atoms with Gasteiger partial charge in [-0.2, -0.15) is 0 Å². The van der Waals surface area contributed by atoms with Crippen LogP contribution >= 0.6 is 0 Å². The molecule has 0 aliphatic heterocycles. The van der Waals surface area contributed by atoms with Crippen LogP contribution in [-0.4, -0.2) is 15.7 Å². The van der Waals surface area contributed by atoms with Crippen LogP contribution in [0.4, 0.5) is 0 Å². The van der Waals surface area contributed by atoms with Crippen molar-refractivity contribution in [3.8, 4) is 5.69 Å². The zero-order valence-electron chi connectivity index (χ0n) is 18.9. The summed E-state index contributed by atoms with van der Waals surface area (Å²) >= 11 is 0. The van der Waals surface area contributed by atoms with Crippen LogP contribution in [0.3, 0.4) is 0 Å². The molecule has 0 spiro atoms. The fourth-order valence-electron chi connectivity index (χ4n) is 5.07. The van der Waals surface area contributed by atoms with Gasteiger partial charge in [0.25, 0.3) is 0 Å². The molecule has 0 unspecified atom stereocenters. The van der Waals surface area contributed by atoms with E-state index in [1.807, 2.05) is 12.2 Å². The lowest BCUT2D eigenvalue weighted by atomic mass is 10.1. The Morgan fingerprint density at radius 2 is 1.41 bits per heavy atom. The van der Waals surface area contributed by atoms with Crippen molar-refractivity contribution < 1.29 is 0 Å². The molecule has 6 aromatic rings. The first-order chi connectivity index (χ1) is 16.8. The van der Waals surface area contributed by atoms with E-state index < -0.39 is 0 Å². The molecule has 0 saturated carbocycles. The van der Waals surface area contributed by atoms with Gasteiger partial charge in [0.2, 0.25) is 0 Å². The minimum Gasteiger partial charge on any atom is -0.385 e. The average molecular weight is 443 g/mol.